The van der Waals surface area contributed by atoms with Gasteiger partial charge >= 0.3 is 10.2 Å². The number of amides is 1. The summed E-state index contributed by atoms with van der Waals surface area (Å²) >= 11 is 0. The predicted molar refractivity (Wildman–Crippen MR) is 64.5 cm³/mol. The van der Waals surface area contributed by atoms with E-state index in [9.17, 15) is 17.1 Å². The summed E-state index contributed by atoms with van der Waals surface area (Å²) in [6.45, 7) is 3.02. The molecule has 0 aliphatic rings. The van der Waals surface area contributed by atoms with Crippen LogP contribution in [0.2, 0.25) is 0 Å². The van der Waals surface area contributed by atoms with E-state index >= 15 is 0 Å². The predicted octanol–water partition coefficient (Wildman–Crippen LogP) is 1.71. The molecule has 0 aliphatic carbocycles. The molecule has 0 radical (unpaired) electrons. The first-order valence-electron chi connectivity index (χ1n) is 5.09. The molecule has 0 spiro atoms. The summed E-state index contributed by atoms with van der Waals surface area (Å²) in [6.07, 6.45) is 0. The van der Waals surface area contributed by atoms with Gasteiger partial charge in [-0.15, -0.1) is 3.89 Å². The van der Waals surface area contributed by atoms with E-state index in [4.69, 9.17) is 4.74 Å². The molecular weight excluding hydrogens is 261 g/mol. The first-order chi connectivity index (χ1) is 8.18. The van der Waals surface area contributed by atoms with Crippen molar-refractivity contribution in [1.82, 2.24) is 0 Å². The average molecular weight is 275 g/mol. The highest BCUT2D eigenvalue weighted by Gasteiger charge is 2.28. The summed E-state index contributed by atoms with van der Waals surface area (Å²) < 4.78 is 39.8. The Morgan fingerprint density at radius 3 is 2.39 bits per heavy atom. The van der Waals surface area contributed by atoms with Crippen molar-refractivity contribution in [3.63, 3.8) is 0 Å². The van der Waals surface area contributed by atoms with Gasteiger partial charge in [0.05, 0.1) is 5.69 Å². The zero-order chi connectivity index (χ0) is 14.0. The Balaban J connectivity index is 3.11. The van der Waals surface area contributed by atoms with Crippen LogP contribution in [0.3, 0.4) is 0 Å². The van der Waals surface area contributed by atoms with Gasteiger partial charge in [0.2, 0.25) is 0 Å². The zero-order valence-corrected chi connectivity index (χ0v) is 11.0. The van der Waals surface area contributed by atoms with Gasteiger partial charge in [0, 0.05) is 7.11 Å². The number of methoxy groups -OCH3 is 1. The largest absolute Gasteiger partial charge is 0.369 e. The molecular formula is C11H14FNO4S. The van der Waals surface area contributed by atoms with Gasteiger partial charge in [-0.25, -0.2) is 0 Å². The number of para-hydroxylation sites is 1. The molecule has 0 fully saturated rings. The maximum Gasteiger partial charge on any atom is 0.334 e. The second-order valence-electron chi connectivity index (χ2n) is 4.10. The number of halogens is 1. The molecule has 1 aromatic rings. The average Bonchev–Trinajstić information content (AvgIpc) is 2.28. The molecule has 0 atom stereocenters. The molecule has 1 amide bonds. The fourth-order valence-corrected chi connectivity index (χ4v) is 1.77. The number of hydrogen-bond donors (Lipinski definition) is 1. The second-order valence-corrected chi connectivity index (χ2v) is 5.42. The fourth-order valence-electron chi connectivity index (χ4n) is 1.15. The number of carbonyl (C=O) groups excluding carboxylic acids is 1. The SMILES string of the molecule is COC(C)(C)C(=O)Nc1ccccc1S(=O)(=O)F. The van der Waals surface area contributed by atoms with Gasteiger partial charge in [0.15, 0.2) is 0 Å². The third-order valence-corrected chi connectivity index (χ3v) is 3.34. The molecule has 5 nitrogen and oxygen atoms in total. The topological polar surface area (TPSA) is 72.5 Å². The number of anilines is 1. The zero-order valence-electron chi connectivity index (χ0n) is 10.2. The number of benzene rings is 1. The number of rotatable bonds is 4. The van der Waals surface area contributed by atoms with Crippen molar-refractivity contribution in [3.8, 4) is 0 Å². The Hall–Kier alpha value is -1.47. The number of nitrogens with one attached hydrogen (secondary N) is 1. The smallest absolute Gasteiger partial charge is 0.334 e. The van der Waals surface area contributed by atoms with Crippen molar-refractivity contribution >= 4 is 21.8 Å². The lowest BCUT2D eigenvalue weighted by atomic mass is 10.1. The summed E-state index contributed by atoms with van der Waals surface area (Å²) in [5.41, 5.74) is -1.26. The molecule has 18 heavy (non-hydrogen) atoms. The van der Waals surface area contributed by atoms with Gasteiger partial charge < -0.3 is 10.1 Å². The highest BCUT2D eigenvalue weighted by atomic mass is 32.3. The van der Waals surface area contributed by atoms with E-state index in [2.05, 4.69) is 5.32 Å². The molecule has 0 unspecified atom stereocenters. The van der Waals surface area contributed by atoms with E-state index in [0.29, 0.717) is 0 Å². The number of carbonyl (C=O) groups is 1. The number of hydrogen-bond acceptors (Lipinski definition) is 4. The van der Waals surface area contributed by atoms with E-state index in [-0.39, 0.29) is 5.69 Å². The Kier molecular flexibility index (Phi) is 4.08. The minimum atomic E-state index is -4.89. The van der Waals surface area contributed by atoms with E-state index in [1.165, 1.54) is 39.2 Å². The van der Waals surface area contributed by atoms with Gasteiger partial charge in [-0.05, 0) is 26.0 Å². The minimum absolute atomic E-state index is 0.116. The van der Waals surface area contributed by atoms with Gasteiger partial charge in [0.1, 0.15) is 10.5 Å². The highest BCUT2D eigenvalue weighted by Crippen LogP contribution is 2.24. The van der Waals surface area contributed by atoms with Crippen molar-refractivity contribution in [1.29, 1.82) is 0 Å². The fraction of sp³-hybridized carbons (Fsp3) is 0.364. The molecule has 100 valence electrons. The maximum absolute atomic E-state index is 13.0. The van der Waals surface area contributed by atoms with Crippen molar-refractivity contribution in [2.24, 2.45) is 0 Å². The normalized spacial score (nSPS) is 12.2. The molecule has 7 heteroatoms. The van der Waals surface area contributed by atoms with Crippen LogP contribution in [0.5, 0.6) is 0 Å². The van der Waals surface area contributed by atoms with Crippen LogP contribution in [0.4, 0.5) is 9.57 Å². The molecule has 0 bridgehead atoms. The van der Waals surface area contributed by atoms with Crippen LogP contribution < -0.4 is 5.32 Å². The van der Waals surface area contributed by atoms with E-state index in [1.807, 2.05) is 0 Å². The van der Waals surface area contributed by atoms with Crippen LogP contribution in [0, 0.1) is 0 Å². The van der Waals surface area contributed by atoms with Gasteiger partial charge in [-0.2, -0.15) is 8.42 Å². The Morgan fingerprint density at radius 1 is 1.33 bits per heavy atom. The lowest BCUT2D eigenvalue weighted by Gasteiger charge is -2.22. The van der Waals surface area contributed by atoms with Crippen molar-refractivity contribution in [2.45, 2.75) is 24.3 Å². The Bertz CT molecular complexity index is 554. The third-order valence-electron chi connectivity index (χ3n) is 2.46. The van der Waals surface area contributed by atoms with Crippen molar-refractivity contribution < 1.29 is 21.8 Å². The molecule has 1 rings (SSSR count). The molecule has 0 aromatic heterocycles. The summed E-state index contributed by atoms with van der Waals surface area (Å²) in [6, 6.07) is 5.23. The monoisotopic (exact) mass is 275 g/mol. The Morgan fingerprint density at radius 2 is 1.89 bits per heavy atom. The van der Waals surface area contributed by atoms with Crippen molar-refractivity contribution in [2.75, 3.05) is 12.4 Å². The van der Waals surface area contributed by atoms with Gasteiger partial charge in [0.25, 0.3) is 5.91 Å². The van der Waals surface area contributed by atoms with Crippen LogP contribution in [-0.4, -0.2) is 27.0 Å². The standard InChI is InChI=1S/C11H14FNO4S/c1-11(2,17-3)10(14)13-8-6-4-5-7-9(8)18(12,15)16/h4-7H,1-3H3,(H,13,14). The first-order valence-corrected chi connectivity index (χ1v) is 6.47. The van der Waals surface area contributed by atoms with Crippen LogP contribution in [-0.2, 0) is 19.8 Å². The summed E-state index contributed by atoms with van der Waals surface area (Å²) in [7, 11) is -3.54. The second kappa shape index (κ2) is 5.03. The van der Waals surface area contributed by atoms with Crippen LogP contribution >= 0.6 is 0 Å². The molecule has 1 aromatic carbocycles. The first kappa shape index (κ1) is 14.6. The molecule has 0 saturated heterocycles. The summed E-state index contributed by atoms with van der Waals surface area (Å²) in [5, 5.41) is 2.33. The van der Waals surface area contributed by atoms with E-state index in [0.717, 1.165) is 6.07 Å². The van der Waals surface area contributed by atoms with Crippen molar-refractivity contribution in [3.05, 3.63) is 24.3 Å². The third kappa shape index (κ3) is 3.27. The number of ether oxygens (including phenoxy) is 1. The quantitative estimate of drug-likeness (QED) is 0.849. The maximum atomic E-state index is 13.0. The highest BCUT2D eigenvalue weighted by molar-refractivity contribution is 7.86. The van der Waals surface area contributed by atoms with Crippen LogP contribution in [0.1, 0.15) is 13.8 Å². The lowest BCUT2D eigenvalue weighted by Crippen LogP contribution is -2.39. The van der Waals surface area contributed by atoms with Gasteiger partial charge in [-0.3, -0.25) is 4.79 Å². The summed E-state index contributed by atoms with van der Waals surface area (Å²) in [4.78, 5) is 11.2. The van der Waals surface area contributed by atoms with Crippen LogP contribution in [0.15, 0.2) is 29.2 Å². The Labute approximate surface area is 105 Å². The molecule has 0 heterocycles. The lowest BCUT2D eigenvalue weighted by molar-refractivity contribution is -0.133. The van der Waals surface area contributed by atoms with Gasteiger partial charge in [-0.1, -0.05) is 12.1 Å². The molecule has 0 saturated carbocycles. The van der Waals surface area contributed by atoms with E-state index < -0.39 is 26.6 Å². The van der Waals surface area contributed by atoms with Crippen LogP contribution in [0.25, 0.3) is 0 Å². The summed E-state index contributed by atoms with van der Waals surface area (Å²) in [5.74, 6) is -0.568. The molecule has 0 aliphatic heterocycles. The van der Waals surface area contributed by atoms with E-state index in [1.54, 1.807) is 0 Å². The molecule has 1 N–H and O–H groups in total. The minimum Gasteiger partial charge on any atom is -0.369 e.